The summed E-state index contributed by atoms with van der Waals surface area (Å²) in [7, 11) is 3.96. The fraction of sp³-hybridized carbons (Fsp3) is 0.900. The van der Waals surface area contributed by atoms with Gasteiger partial charge in [-0.1, -0.05) is 0 Å². The Labute approximate surface area is 85.2 Å². The standard InChI is InChI=1S/C10H19N3O/c1-12(9-5-11-6-9)7-10(14)13(2)8-3-4-8/h8-9,11H,3-7H2,1-2H3. The van der Waals surface area contributed by atoms with Gasteiger partial charge in [0, 0.05) is 32.2 Å². The summed E-state index contributed by atoms with van der Waals surface area (Å²) in [5, 5.41) is 3.21. The van der Waals surface area contributed by atoms with Crippen LogP contribution in [-0.2, 0) is 4.79 Å². The third kappa shape index (κ3) is 2.07. The number of nitrogens with one attached hydrogen (secondary N) is 1. The highest BCUT2D eigenvalue weighted by molar-refractivity contribution is 5.78. The van der Waals surface area contributed by atoms with Gasteiger partial charge in [-0.2, -0.15) is 0 Å². The monoisotopic (exact) mass is 197 g/mol. The first-order valence-corrected chi connectivity index (χ1v) is 5.35. The molecule has 80 valence electrons. The molecule has 0 radical (unpaired) electrons. The van der Waals surface area contributed by atoms with Crippen molar-refractivity contribution in [1.29, 1.82) is 0 Å². The van der Waals surface area contributed by atoms with Crippen molar-refractivity contribution in [2.75, 3.05) is 33.7 Å². The third-order valence-electron chi connectivity index (χ3n) is 3.26. The molecule has 1 saturated carbocycles. The van der Waals surface area contributed by atoms with Gasteiger partial charge in [0.25, 0.3) is 0 Å². The minimum absolute atomic E-state index is 0.266. The van der Waals surface area contributed by atoms with Crippen molar-refractivity contribution in [3.8, 4) is 0 Å². The summed E-state index contributed by atoms with van der Waals surface area (Å²) in [4.78, 5) is 15.8. The van der Waals surface area contributed by atoms with Crippen molar-refractivity contribution in [3.05, 3.63) is 0 Å². The van der Waals surface area contributed by atoms with E-state index in [4.69, 9.17) is 0 Å². The van der Waals surface area contributed by atoms with Gasteiger partial charge < -0.3 is 10.2 Å². The van der Waals surface area contributed by atoms with E-state index in [0.29, 0.717) is 18.6 Å². The summed E-state index contributed by atoms with van der Waals surface area (Å²) in [6.07, 6.45) is 2.38. The molecule has 4 heteroatoms. The first-order chi connectivity index (χ1) is 6.68. The van der Waals surface area contributed by atoms with Crippen LogP contribution in [-0.4, -0.2) is 61.5 Å². The van der Waals surface area contributed by atoms with E-state index in [1.165, 1.54) is 12.8 Å². The molecule has 14 heavy (non-hydrogen) atoms. The number of amides is 1. The molecule has 4 nitrogen and oxygen atoms in total. The molecule has 1 N–H and O–H groups in total. The molecule has 0 unspecified atom stereocenters. The van der Waals surface area contributed by atoms with Gasteiger partial charge in [-0.25, -0.2) is 0 Å². The highest BCUT2D eigenvalue weighted by Gasteiger charge is 2.31. The van der Waals surface area contributed by atoms with Crippen LogP contribution in [0, 0.1) is 0 Å². The number of likely N-dealkylation sites (N-methyl/N-ethyl adjacent to an activating group) is 2. The molecule has 0 atom stereocenters. The lowest BCUT2D eigenvalue weighted by Crippen LogP contribution is -2.57. The number of hydrogen-bond acceptors (Lipinski definition) is 3. The molecule has 0 aromatic carbocycles. The normalized spacial score (nSPS) is 22.2. The van der Waals surface area contributed by atoms with Gasteiger partial charge in [0.15, 0.2) is 0 Å². The van der Waals surface area contributed by atoms with E-state index in [1.807, 2.05) is 19.0 Å². The first-order valence-electron chi connectivity index (χ1n) is 5.35. The topological polar surface area (TPSA) is 35.6 Å². The SMILES string of the molecule is CN(CC(=O)N(C)C1CC1)C1CNC1. The third-order valence-corrected chi connectivity index (χ3v) is 3.26. The van der Waals surface area contributed by atoms with E-state index in [0.717, 1.165) is 13.1 Å². The van der Waals surface area contributed by atoms with Crippen molar-refractivity contribution in [3.63, 3.8) is 0 Å². The van der Waals surface area contributed by atoms with Gasteiger partial charge in [0.2, 0.25) is 5.91 Å². The van der Waals surface area contributed by atoms with E-state index in [-0.39, 0.29) is 5.91 Å². The maximum atomic E-state index is 11.7. The van der Waals surface area contributed by atoms with Crippen molar-refractivity contribution in [2.24, 2.45) is 0 Å². The molecule has 2 aliphatic rings. The second kappa shape index (κ2) is 3.87. The van der Waals surface area contributed by atoms with Crippen LogP contribution in [0.1, 0.15) is 12.8 Å². The largest absolute Gasteiger partial charge is 0.342 e. The molecular weight excluding hydrogens is 178 g/mol. The molecule has 1 heterocycles. The number of rotatable bonds is 4. The highest BCUT2D eigenvalue weighted by Crippen LogP contribution is 2.25. The number of carbonyl (C=O) groups is 1. The second-order valence-electron chi connectivity index (χ2n) is 4.46. The Morgan fingerprint density at radius 2 is 1.93 bits per heavy atom. The van der Waals surface area contributed by atoms with Gasteiger partial charge in [-0.15, -0.1) is 0 Å². The molecule has 0 bridgehead atoms. The Morgan fingerprint density at radius 1 is 1.29 bits per heavy atom. The van der Waals surface area contributed by atoms with Crippen LogP contribution < -0.4 is 5.32 Å². The predicted octanol–water partition coefficient (Wildman–Crippen LogP) is -0.489. The van der Waals surface area contributed by atoms with Crippen molar-refractivity contribution in [1.82, 2.24) is 15.1 Å². The smallest absolute Gasteiger partial charge is 0.236 e. The van der Waals surface area contributed by atoms with Crippen LogP contribution >= 0.6 is 0 Å². The average molecular weight is 197 g/mol. The van der Waals surface area contributed by atoms with E-state index >= 15 is 0 Å². The molecule has 0 aromatic heterocycles. The molecule has 1 aliphatic carbocycles. The maximum absolute atomic E-state index is 11.7. The Balaban J connectivity index is 1.74. The lowest BCUT2D eigenvalue weighted by molar-refractivity contribution is -0.132. The Kier molecular flexibility index (Phi) is 2.74. The average Bonchev–Trinajstić information content (AvgIpc) is 2.81. The summed E-state index contributed by atoms with van der Waals surface area (Å²) in [5.41, 5.74) is 0. The fourth-order valence-corrected chi connectivity index (χ4v) is 1.70. The molecule has 2 rings (SSSR count). The molecule has 1 saturated heterocycles. The van der Waals surface area contributed by atoms with E-state index in [2.05, 4.69) is 10.2 Å². The van der Waals surface area contributed by atoms with Crippen molar-refractivity contribution in [2.45, 2.75) is 24.9 Å². The van der Waals surface area contributed by atoms with Gasteiger partial charge in [0.1, 0.15) is 0 Å². The lowest BCUT2D eigenvalue weighted by atomic mass is 10.1. The van der Waals surface area contributed by atoms with E-state index in [9.17, 15) is 4.79 Å². The van der Waals surface area contributed by atoms with Gasteiger partial charge in [-0.3, -0.25) is 9.69 Å². The highest BCUT2D eigenvalue weighted by atomic mass is 16.2. The zero-order valence-corrected chi connectivity index (χ0v) is 8.99. The Hall–Kier alpha value is -0.610. The molecular formula is C10H19N3O. The van der Waals surface area contributed by atoms with E-state index in [1.54, 1.807) is 0 Å². The summed E-state index contributed by atoms with van der Waals surface area (Å²) < 4.78 is 0. The summed E-state index contributed by atoms with van der Waals surface area (Å²) in [6.45, 7) is 2.62. The van der Waals surface area contributed by atoms with Crippen LogP contribution in [0.3, 0.4) is 0 Å². The van der Waals surface area contributed by atoms with Gasteiger partial charge in [-0.05, 0) is 19.9 Å². The van der Waals surface area contributed by atoms with Crippen LogP contribution in [0.4, 0.5) is 0 Å². The van der Waals surface area contributed by atoms with Crippen molar-refractivity contribution >= 4 is 5.91 Å². The lowest BCUT2D eigenvalue weighted by Gasteiger charge is -2.35. The van der Waals surface area contributed by atoms with Crippen molar-refractivity contribution < 1.29 is 4.79 Å². The van der Waals surface area contributed by atoms with E-state index < -0.39 is 0 Å². The summed E-state index contributed by atoms with van der Waals surface area (Å²) in [5.74, 6) is 0.266. The fourth-order valence-electron chi connectivity index (χ4n) is 1.70. The summed E-state index contributed by atoms with van der Waals surface area (Å²) >= 11 is 0. The Morgan fingerprint density at radius 3 is 2.36 bits per heavy atom. The van der Waals surface area contributed by atoms with Gasteiger partial charge in [0.05, 0.1) is 6.54 Å². The molecule has 2 fully saturated rings. The minimum atomic E-state index is 0.266. The minimum Gasteiger partial charge on any atom is -0.342 e. The van der Waals surface area contributed by atoms with Crippen LogP contribution in [0.15, 0.2) is 0 Å². The quantitative estimate of drug-likeness (QED) is 0.660. The predicted molar refractivity (Wildman–Crippen MR) is 55.1 cm³/mol. The summed E-state index contributed by atoms with van der Waals surface area (Å²) in [6, 6.07) is 1.10. The Bertz CT molecular complexity index is 223. The molecule has 0 spiro atoms. The molecule has 0 aromatic rings. The van der Waals surface area contributed by atoms with Crippen LogP contribution in [0.5, 0.6) is 0 Å². The van der Waals surface area contributed by atoms with Gasteiger partial charge >= 0.3 is 0 Å². The zero-order chi connectivity index (χ0) is 10.1. The van der Waals surface area contributed by atoms with Crippen LogP contribution in [0.25, 0.3) is 0 Å². The number of hydrogen-bond donors (Lipinski definition) is 1. The zero-order valence-electron chi connectivity index (χ0n) is 8.99. The molecule has 1 aliphatic heterocycles. The second-order valence-corrected chi connectivity index (χ2v) is 4.46. The molecule has 1 amide bonds. The number of nitrogens with zero attached hydrogens (tertiary/aromatic N) is 2. The number of carbonyl (C=O) groups excluding carboxylic acids is 1. The first kappa shape index (κ1) is 9.93. The van der Waals surface area contributed by atoms with Crippen LogP contribution in [0.2, 0.25) is 0 Å². The maximum Gasteiger partial charge on any atom is 0.236 e.